The Morgan fingerprint density at radius 2 is 1.70 bits per heavy atom. The smallest absolute Gasteiger partial charge is 0.410 e. The highest BCUT2D eigenvalue weighted by molar-refractivity contribution is 6.36. The van der Waals surface area contributed by atoms with E-state index in [1.165, 1.54) is 32.6 Å². The van der Waals surface area contributed by atoms with Crippen molar-refractivity contribution in [3.05, 3.63) is 59.8 Å². The van der Waals surface area contributed by atoms with Crippen LogP contribution in [0.4, 0.5) is 10.5 Å². The highest BCUT2D eigenvalue weighted by Gasteiger charge is 2.45. The zero-order valence-electron chi connectivity index (χ0n) is 27.8. The third kappa shape index (κ3) is 6.95. The number of carbonyl (C=O) groups is 1. The van der Waals surface area contributed by atoms with E-state index in [2.05, 4.69) is 40.1 Å². The van der Waals surface area contributed by atoms with E-state index in [1.807, 2.05) is 45.2 Å². The summed E-state index contributed by atoms with van der Waals surface area (Å²) in [7, 11) is 0. The molecule has 0 unspecified atom stereocenters. The molecule has 47 heavy (non-hydrogen) atoms. The van der Waals surface area contributed by atoms with Gasteiger partial charge in [0.05, 0.1) is 22.8 Å². The van der Waals surface area contributed by atoms with Gasteiger partial charge in [0.2, 0.25) is 5.88 Å². The van der Waals surface area contributed by atoms with E-state index < -0.39 is 5.60 Å². The maximum absolute atomic E-state index is 12.7. The van der Waals surface area contributed by atoms with E-state index in [-0.39, 0.29) is 11.6 Å². The molecule has 246 valence electrons. The van der Waals surface area contributed by atoms with Crippen LogP contribution < -0.4 is 9.64 Å². The number of ether oxygens (including phenoxy) is 2. The predicted molar refractivity (Wildman–Crippen MR) is 187 cm³/mol. The zero-order chi connectivity index (χ0) is 33.2. The lowest BCUT2D eigenvalue weighted by Gasteiger charge is -2.37. The number of piperazine rings is 1. The summed E-state index contributed by atoms with van der Waals surface area (Å²) in [5.41, 5.74) is 4.15. The van der Waals surface area contributed by atoms with Gasteiger partial charge >= 0.3 is 6.09 Å². The number of carbonyl (C=O) groups excluding carboxylic acids is 1. The van der Waals surface area contributed by atoms with Gasteiger partial charge in [-0.2, -0.15) is 5.26 Å². The highest BCUT2D eigenvalue weighted by Crippen LogP contribution is 2.40. The van der Waals surface area contributed by atoms with Crippen LogP contribution in [0.3, 0.4) is 0 Å². The molecule has 0 N–H and O–H groups in total. The first-order valence-corrected chi connectivity index (χ1v) is 16.9. The number of rotatable bonds is 5. The van der Waals surface area contributed by atoms with Crippen molar-refractivity contribution in [1.29, 1.82) is 5.26 Å². The SMILES string of the molecule is CC#N.CC(C)(C)OC(=O)N1CCN(c2cc(OCC34CCCN3CCC4)nc3cc(-c4cccc5cccc(Cl)c45)cnc23)CC1. The second-order valence-corrected chi connectivity index (χ2v) is 14.0. The monoisotopic (exact) mass is 654 g/mol. The summed E-state index contributed by atoms with van der Waals surface area (Å²) in [6.45, 7) is 12.5. The van der Waals surface area contributed by atoms with Gasteiger partial charge in [-0.25, -0.2) is 9.78 Å². The number of fused-ring (bicyclic) bond motifs is 3. The van der Waals surface area contributed by atoms with Crippen LogP contribution in [0.1, 0.15) is 53.4 Å². The van der Waals surface area contributed by atoms with Crippen LogP contribution in [-0.4, -0.2) is 82.9 Å². The van der Waals surface area contributed by atoms with Gasteiger partial charge in [0.15, 0.2) is 0 Å². The van der Waals surface area contributed by atoms with Gasteiger partial charge in [-0.1, -0.05) is 41.9 Å². The molecule has 0 saturated carbocycles. The molecule has 3 fully saturated rings. The standard InChI is InChI=1S/C35H40ClN5O3.C2H3N/c1-34(2,3)44-33(42)40-18-16-39(17-19-40)29-21-30(43-23-35-12-6-14-41(35)15-7-13-35)38-28-20-25(22-37-32(28)29)26-10-4-8-24-9-5-11-27(36)31(24)26;1-2-3/h4-5,8-11,20-22H,6-7,12-19,23H2,1-3H3;1H3. The number of anilines is 1. The molecule has 2 aromatic carbocycles. The molecule has 2 aromatic heterocycles. The van der Waals surface area contributed by atoms with Crippen LogP contribution >= 0.6 is 11.6 Å². The average molecular weight is 655 g/mol. The minimum atomic E-state index is -0.522. The molecule has 0 bridgehead atoms. The molecule has 0 radical (unpaired) electrons. The molecule has 3 saturated heterocycles. The molecular formula is C37H43ClN6O3. The second kappa shape index (κ2) is 13.5. The van der Waals surface area contributed by atoms with Gasteiger partial charge in [-0.05, 0) is 82.6 Å². The van der Waals surface area contributed by atoms with Crippen LogP contribution in [-0.2, 0) is 4.74 Å². The first kappa shape index (κ1) is 32.8. The van der Waals surface area contributed by atoms with Crippen molar-refractivity contribution >= 4 is 45.2 Å². The topological polar surface area (TPSA) is 94.8 Å². The molecule has 3 aliphatic heterocycles. The van der Waals surface area contributed by atoms with Crippen molar-refractivity contribution < 1.29 is 14.3 Å². The molecule has 5 heterocycles. The van der Waals surface area contributed by atoms with Crippen LogP contribution in [0.2, 0.25) is 5.02 Å². The van der Waals surface area contributed by atoms with E-state index in [4.69, 9.17) is 36.3 Å². The summed E-state index contributed by atoms with van der Waals surface area (Å²) in [6.07, 6.45) is 6.44. The number of amides is 1. The lowest BCUT2D eigenvalue weighted by atomic mass is 9.95. The van der Waals surface area contributed by atoms with E-state index in [0.717, 1.165) is 51.7 Å². The first-order valence-electron chi connectivity index (χ1n) is 16.5. The quantitative estimate of drug-likeness (QED) is 0.216. The van der Waals surface area contributed by atoms with E-state index in [0.29, 0.717) is 43.7 Å². The largest absolute Gasteiger partial charge is 0.476 e. The third-order valence-electron chi connectivity index (χ3n) is 9.34. The summed E-state index contributed by atoms with van der Waals surface area (Å²) in [6, 6.07) is 18.1. The zero-order valence-corrected chi connectivity index (χ0v) is 28.5. The fourth-order valence-electron chi connectivity index (χ4n) is 7.20. The fourth-order valence-corrected chi connectivity index (χ4v) is 7.48. The molecule has 0 atom stereocenters. The lowest BCUT2D eigenvalue weighted by Crippen LogP contribution is -2.50. The van der Waals surface area contributed by atoms with Crippen molar-refractivity contribution in [1.82, 2.24) is 19.8 Å². The van der Waals surface area contributed by atoms with Gasteiger partial charge in [0, 0.05) is 61.3 Å². The highest BCUT2D eigenvalue weighted by atomic mass is 35.5. The average Bonchev–Trinajstić information content (AvgIpc) is 3.63. The lowest BCUT2D eigenvalue weighted by molar-refractivity contribution is 0.0240. The summed E-state index contributed by atoms with van der Waals surface area (Å²) in [4.78, 5) is 29.4. The summed E-state index contributed by atoms with van der Waals surface area (Å²) in [5, 5.41) is 10.1. The molecule has 1 amide bonds. The van der Waals surface area contributed by atoms with E-state index in [9.17, 15) is 4.79 Å². The molecule has 4 aromatic rings. The number of aromatic nitrogens is 2. The van der Waals surface area contributed by atoms with E-state index >= 15 is 0 Å². The van der Waals surface area contributed by atoms with Gasteiger partial charge in [0.1, 0.15) is 17.7 Å². The number of nitriles is 1. The van der Waals surface area contributed by atoms with Gasteiger partial charge in [-0.15, -0.1) is 0 Å². The Balaban J connectivity index is 0.00000124. The minimum Gasteiger partial charge on any atom is -0.476 e. The molecule has 10 heteroatoms. The Labute approximate surface area is 282 Å². The maximum atomic E-state index is 12.7. The Kier molecular flexibility index (Phi) is 9.45. The number of hydrogen-bond donors (Lipinski definition) is 0. The summed E-state index contributed by atoms with van der Waals surface area (Å²) in [5.74, 6) is 0.616. The predicted octanol–water partition coefficient (Wildman–Crippen LogP) is 7.70. The molecular weight excluding hydrogens is 612 g/mol. The van der Waals surface area contributed by atoms with Gasteiger partial charge in [0.25, 0.3) is 0 Å². The third-order valence-corrected chi connectivity index (χ3v) is 9.65. The number of benzene rings is 2. The number of pyridine rings is 2. The number of hydrogen-bond acceptors (Lipinski definition) is 8. The Bertz CT molecular complexity index is 1790. The van der Waals surface area contributed by atoms with E-state index in [1.54, 1.807) is 11.0 Å². The normalized spacial score (nSPS) is 17.6. The number of halogens is 1. The first-order chi connectivity index (χ1) is 22.6. The van der Waals surface area contributed by atoms with Crippen molar-refractivity contribution in [2.75, 3.05) is 50.8 Å². The Morgan fingerprint density at radius 3 is 2.38 bits per heavy atom. The van der Waals surface area contributed by atoms with Crippen LogP contribution in [0, 0.1) is 11.3 Å². The molecule has 0 aliphatic carbocycles. The Hall–Kier alpha value is -4.13. The van der Waals surface area contributed by atoms with Gasteiger partial charge in [-0.3, -0.25) is 9.88 Å². The van der Waals surface area contributed by atoms with Crippen LogP contribution in [0.25, 0.3) is 32.9 Å². The number of nitrogens with zero attached hydrogens (tertiary/aromatic N) is 6. The van der Waals surface area contributed by atoms with Crippen molar-refractivity contribution in [2.45, 2.75) is 64.5 Å². The van der Waals surface area contributed by atoms with Crippen LogP contribution in [0.5, 0.6) is 5.88 Å². The van der Waals surface area contributed by atoms with Crippen molar-refractivity contribution in [2.24, 2.45) is 0 Å². The molecule has 9 nitrogen and oxygen atoms in total. The fraction of sp³-hybridized carbons (Fsp3) is 0.459. The van der Waals surface area contributed by atoms with Crippen molar-refractivity contribution in [3.63, 3.8) is 0 Å². The summed E-state index contributed by atoms with van der Waals surface area (Å²) >= 11 is 6.70. The minimum absolute atomic E-state index is 0.121. The summed E-state index contributed by atoms with van der Waals surface area (Å²) < 4.78 is 12.2. The van der Waals surface area contributed by atoms with Gasteiger partial charge < -0.3 is 19.3 Å². The molecule has 0 spiro atoms. The maximum Gasteiger partial charge on any atom is 0.410 e. The Morgan fingerprint density at radius 1 is 1.02 bits per heavy atom. The second-order valence-electron chi connectivity index (χ2n) is 13.6. The molecule has 7 rings (SSSR count). The van der Waals surface area contributed by atoms with Crippen LogP contribution in [0.15, 0.2) is 54.7 Å². The van der Waals surface area contributed by atoms with Crippen molar-refractivity contribution in [3.8, 4) is 23.1 Å². The molecule has 3 aliphatic rings.